The third kappa shape index (κ3) is 3.00. The highest BCUT2D eigenvalue weighted by Gasteiger charge is 2.44. The van der Waals surface area contributed by atoms with Gasteiger partial charge in [0, 0.05) is 32.2 Å². The Kier molecular flexibility index (Phi) is 4.81. The lowest BCUT2D eigenvalue weighted by molar-refractivity contribution is -0.138. The Hall–Kier alpha value is -2.39. The predicted octanol–water partition coefficient (Wildman–Crippen LogP) is 1.41. The van der Waals surface area contributed by atoms with Crippen LogP contribution >= 0.6 is 0 Å². The summed E-state index contributed by atoms with van der Waals surface area (Å²) in [6.07, 6.45) is 1.97. The Bertz CT molecular complexity index is 682. The van der Waals surface area contributed by atoms with E-state index in [1.165, 1.54) is 0 Å². The van der Waals surface area contributed by atoms with Crippen LogP contribution in [0.2, 0.25) is 0 Å². The number of piperidine rings is 1. The van der Waals surface area contributed by atoms with E-state index < -0.39 is 0 Å². The standard InChI is InChI=1S/C18H21N3O3/c1-24-10-9-20-16-7-8-21(15(16)5-6-17(20)22)18(23)14-4-2-3-13(11-14)12-19/h2-4,11,15-16H,5-10H2,1H3/t15-,16-/m1/s1. The molecule has 0 bridgehead atoms. The maximum absolute atomic E-state index is 12.9. The minimum Gasteiger partial charge on any atom is -0.383 e. The number of hydrogen-bond acceptors (Lipinski definition) is 4. The number of hydrogen-bond donors (Lipinski definition) is 0. The van der Waals surface area contributed by atoms with Gasteiger partial charge in [-0.1, -0.05) is 6.07 Å². The molecular weight excluding hydrogens is 306 g/mol. The average Bonchev–Trinajstić information content (AvgIpc) is 3.04. The highest BCUT2D eigenvalue weighted by atomic mass is 16.5. The van der Waals surface area contributed by atoms with Gasteiger partial charge >= 0.3 is 0 Å². The number of nitrogens with zero attached hydrogens (tertiary/aromatic N) is 3. The molecular formula is C18H21N3O3. The lowest BCUT2D eigenvalue weighted by Gasteiger charge is -2.39. The van der Waals surface area contributed by atoms with Crippen LogP contribution < -0.4 is 0 Å². The molecule has 2 fully saturated rings. The summed E-state index contributed by atoms with van der Waals surface area (Å²) in [5.41, 5.74) is 1.02. The quantitative estimate of drug-likeness (QED) is 0.838. The highest BCUT2D eigenvalue weighted by Crippen LogP contribution is 2.32. The molecule has 2 atom stereocenters. The Morgan fingerprint density at radius 2 is 2.21 bits per heavy atom. The summed E-state index contributed by atoms with van der Waals surface area (Å²) in [5, 5.41) is 9.01. The van der Waals surface area contributed by atoms with Crippen molar-refractivity contribution in [2.75, 3.05) is 26.8 Å². The summed E-state index contributed by atoms with van der Waals surface area (Å²) in [4.78, 5) is 28.8. The summed E-state index contributed by atoms with van der Waals surface area (Å²) in [6, 6.07) is 8.99. The van der Waals surface area contributed by atoms with Crippen molar-refractivity contribution in [3.05, 3.63) is 35.4 Å². The smallest absolute Gasteiger partial charge is 0.254 e. The predicted molar refractivity (Wildman–Crippen MR) is 87.2 cm³/mol. The van der Waals surface area contributed by atoms with Crippen molar-refractivity contribution in [1.82, 2.24) is 9.80 Å². The van der Waals surface area contributed by atoms with Crippen LogP contribution in [0.25, 0.3) is 0 Å². The van der Waals surface area contributed by atoms with Crippen LogP contribution in [-0.2, 0) is 9.53 Å². The van der Waals surface area contributed by atoms with Crippen LogP contribution in [-0.4, -0.2) is 60.5 Å². The van der Waals surface area contributed by atoms with E-state index >= 15 is 0 Å². The number of amides is 2. The fraction of sp³-hybridized carbons (Fsp3) is 0.500. The van der Waals surface area contributed by atoms with Crippen LogP contribution in [0.4, 0.5) is 0 Å². The number of nitriles is 1. The van der Waals surface area contributed by atoms with E-state index in [0.29, 0.717) is 43.7 Å². The largest absolute Gasteiger partial charge is 0.383 e. The molecule has 1 aromatic carbocycles. The van der Waals surface area contributed by atoms with Crippen molar-refractivity contribution < 1.29 is 14.3 Å². The number of carbonyl (C=O) groups excluding carboxylic acids is 2. The zero-order chi connectivity index (χ0) is 17.1. The molecule has 0 aliphatic carbocycles. The van der Waals surface area contributed by atoms with Crippen LogP contribution in [0.3, 0.4) is 0 Å². The molecule has 2 aliphatic heterocycles. The summed E-state index contributed by atoms with van der Waals surface area (Å²) in [6.45, 7) is 1.72. The number of fused-ring (bicyclic) bond motifs is 1. The van der Waals surface area contributed by atoms with Gasteiger partial charge in [0.25, 0.3) is 5.91 Å². The first-order valence-electron chi connectivity index (χ1n) is 8.25. The van der Waals surface area contributed by atoms with Crippen molar-refractivity contribution in [3.8, 4) is 6.07 Å². The van der Waals surface area contributed by atoms with E-state index in [2.05, 4.69) is 6.07 Å². The van der Waals surface area contributed by atoms with Gasteiger partial charge in [-0.3, -0.25) is 9.59 Å². The zero-order valence-corrected chi connectivity index (χ0v) is 13.8. The molecule has 2 saturated heterocycles. The third-order valence-corrected chi connectivity index (χ3v) is 4.92. The maximum Gasteiger partial charge on any atom is 0.254 e. The van der Waals surface area contributed by atoms with Crippen LogP contribution in [0.1, 0.15) is 35.2 Å². The fourth-order valence-corrected chi connectivity index (χ4v) is 3.77. The molecule has 0 N–H and O–H groups in total. The van der Waals surface area contributed by atoms with E-state index in [-0.39, 0.29) is 23.9 Å². The monoisotopic (exact) mass is 327 g/mol. The van der Waals surface area contributed by atoms with Crippen molar-refractivity contribution in [2.45, 2.75) is 31.3 Å². The van der Waals surface area contributed by atoms with Crippen LogP contribution in [0, 0.1) is 11.3 Å². The molecule has 0 radical (unpaired) electrons. The van der Waals surface area contributed by atoms with Gasteiger partial charge in [0.2, 0.25) is 5.91 Å². The summed E-state index contributed by atoms with van der Waals surface area (Å²) >= 11 is 0. The zero-order valence-electron chi connectivity index (χ0n) is 13.8. The summed E-state index contributed by atoms with van der Waals surface area (Å²) in [5.74, 6) is 0.0923. The molecule has 6 nitrogen and oxygen atoms in total. The Morgan fingerprint density at radius 1 is 1.38 bits per heavy atom. The second-order valence-corrected chi connectivity index (χ2v) is 6.23. The van der Waals surface area contributed by atoms with E-state index in [1.807, 2.05) is 9.80 Å². The van der Waals surface area contributed by atoms with E-state index in [4.69, 9.17) is 10.00 Å². The minimum atomic E-state index is -0.0550. The Labute approximate surface area is 141 Å². The molecule has 24 heavy (non-hydrogen) atoms. The topological polar surface area (TPSA) is 73.6 Å². The molecule has 126 valence electrons. The average molecular weight is 327 g/mol. The highest BCUT2D eigenvalue weighted by molar-refractivity contribution is 5.95. The molecule has 2 heterocycles. The first kappa shape index (κ1) is 16.5. The number of benzene rings is 1. The minimum absolute atomic E-state index is 0.0535. The van der Waals surface area contributed by atoms with Crippen molar-refractivity contribution in [3.63, 3.8) is 0 Å². The molecule has 0 saturated carbocycles. The normalized spacial score (nSPS) is 23.1. The lowest BCUT2D eigenvalue weighted by atomic mass is 9.96. The first-order chi connectivity index (χ1) is 11.7. The molecule has 0 spiro atoms. The van der Waals surface area contributed by atoms with E-state index in [9.17, 15) is 9.59 Å². The summed E-state index contributed by atoms with van der Waals surface area (Å²) in [7, 11) is 1.62. The molecule has 2 amide bonds. The summed E-state index contributed by atoms with van der Waals surface area (Å²) < 4.78 is 5.11. The van der Waals surface area contributed by atoms with Gasteiger partial charge in [-0.2, -0.15) is 5.26 Å². The Balaban J connectivity index is 1.78. The molecule has 0 unspecified atom stereocenters. The lowest BCUT2D eigenvalue weighted by Crippen LogP contribution is -2.54. The van der Waals surface area contributed by atoms with Crippen LogP contribution in [0.15, 0.2) is 24.3 Å². The van der Waals surface area contributed by atoms with Crippen molar-refractivity contribution >= 4 is 11.8 Å². The van der Waals surface area contributed by atoms with Gasteiger partial charge in [-0.25, -0.2) is 0 Å². The van der Waals surface area contributed by atoms with Gasteiger partial charge in [0.15, 0.2) is 0 Å². The van der Waals surface area contributed by atoms with Crippen LogP contribution in [0.5, 0.6) is 0 Å². The SMILES string of the molecule is COCCN1C(=O)CC[C@@H]2[C@H]1CCN2C(=O)c1cccc(C#N)c1. The second-order valence-electron chi connectivity index (χ2n) is 6.23. The Morgan fingerprint density at radius 3 is 2.96 bits per heavy atom. The molecule has 2 aliphatic rings. The number of likely N-dealkylation sites (tertiary alicyclic amines) is 2. The second kappa shape index (κ2) is 7.02. The van der Waals surface area contributed by atoms with Gasteiger partial charge < -0.3 is 14.5 Å². The molecule has 0 aromatic heterocycles. The van der Waals surface area contributed by atoms with Gasteiger partial charge in [0.1, 0.15) is 0 Å². The van der Waals surface area contributed by atoms with Crippen molar-refractivity contribution in [2.24, 2.45) is 0 Å². The third-order valence-electron chi connectivity index (χ3n) is 4.92. The molecule has 6 heteroatoms. The molecule has 3 rings (SSSR count). The van der Waals surface area contributed by atoms with Gasteiger partial charge in [-0.05, 0) is 31.0 Å². The van der Waals surface area contributed by atoms with E-state index in [0.717, 1.165) is 6.42 Å². The maximum atomic E-state index is 12.9. The van der Waals surface area contributed by atoms with Crippen molar-refractivity contribution in [1.29, 1.82) is 5.26 Å². The number of methoxy groups -OCH3 is 1. The fourth-order valence-electron chi connectivity index (χ4n) is 3.77. The van der Waals surface area contributed by atoms with Gasteiger partial charge in [-0.15, -0.1) is 0 Å². The number of carbonyl (C=O) groups is 2. The first-order valence-corrected chi connectivity index (χ1v) is 8.25. The number of ether oxygens (including phenoxy) is 1. The van der Waals surface area contributed by atoms with E-state index in [1.54, 1.807) is 31.4 Å². The molecule has 1 aromatic rings. The number of rotatable bonds is 4. The van der Waals surface area contributed by atoms with Gasteiger partial charge in [0.05, 0.1) is 30.3 Å².